The molecule has 0 radical (unpaired) electrons. The van der Waals surface area contributed by atoms with Crippen LogP contribution >= 0.6 is 0 Å². The second kappa shape index (κ2) is 6.70. The van der Waals surface area contributed by atoms with Gasteiger partial charge in [-0.15, -0.1) is 0 Å². The lowest BCUT2D eigenvalue weighted by Gasteiger charge is -2.07. The highest BCUT2D eigenvalue weighted by Crippen LogP contribution is 2.13. The fourth-order valence-corrected chi connectivity index (χ4v) is 0.988. The van der Waals surface area contributed by atoms with Gasteiger partial charge in [0.25, 0.3) is 0 Å². The summed E-state index contributed by atoms with van der Waals surface area (Å²) in [5.41, 5.74) is 0.253. The summed E-state index contributed by atoms with van der Waals surface area (Å²) in [6.07, 6.45) is 3.31. The molecule has 0 atom stereocenters. The van der Waals surface area contributed by atoms with Crippen molar-refractivity contribution >= 4 is 5.97 Å². The van der Waals surface area contributed by atoms with Crippen LogP contribution in [0.2, 0.25) is 0 Å². The Balaban J connectivity index is 5.22. The molecule has 0 saturated carbocycles. The molecule has 4 heteroatoms. The molecule has 0 amide bonds. The molecule has 0 heterocycles. The van der Waals surface area contributed by atoms with Gasteiger partial charge in [-0.3, -0.25) is 0 Å². The van der Waals surface area contributed by atoms with Gasteiger partial charge in [0.15, 0.2) is 11.5 Å². The molecule has 0 aromatic heterocycles. The molecule has 4 nitrogen and oxygen atoms in total. The minimum atomic E-state index is -0.966. The van der Waals surface area contributed by atoms with Gasteiger partial charge >= 0.3 is 5.97 Å². The first-order valence-corrected chi connectivity index (χ1v) is 4.49. The number of hydrogen-bond acceptors (Lipinski definition) is 3. The minimum absolute atomic E-state index is 0.253. The number of rotatable bonds is 6. The summed E-state index contributed by atoms with van der Waals surface area (Å²) in [5, 5.41) is 8.83. The van der Waals surface area contributed by atoms with E-state index in [1.165, 1.54) is 26.4 Å². The van der Waals surface area contributed by atoms with Crippen LogP contribution in [0.3, 0.4) is 0 Å². The van der Waals surface area contributed by atoms with Crippen molar-refractivity contribution in [2.75, 3.05) is 14.2 Å². The van der Waals surface area contributed by atoms with Crippen molar-refractivity contribution in [3.05, 3.63) is 35.8 Å². The molecular formula is C11H16O4. The lowest BCUT2D eigenvalue weighted by atomic mass is 10.1. The predicted octanol–water partition coefficient (Wildman–Crippen LogP) is 2.10. The van der Waals surface area contributed by atoms with Crippen LogP contribution in [0.4, 0.5) is 0 Å². The Morgan fingerprint density at radius 3 is 2.13 bits per heavy atom. The van der Waals surface area contributed by atoms with Crippen LogP contribution in [0.5, 0.6) is 0 Å². The summed E-state index contributed by atoms with van der Waals surface area (Å²) in [5.74, 6) is -0.206. The van der Waals surface area contributed by atoms with Crippen molar-refractivity contribution in [3.8, 4) is 0 Å². The smallest absolute Gasteiger partial charge is 0.331 e. The molecule has 0 rings (SSSR count). The van der Waals surface area contributed by atoms with E-state index in [9.17, 15) is 4.79 Å². The first-order chi connectivity index (χ1) is 7.10. The lowest BCUT2D eigenvalue weighted by molar-refractivity contribution is -0.132. The maximum Gasteiger partial charge on any atom is 0.331 e. The SMILES string of the molecule is C=C/C(OC)=C(\C=C(/CC)C(=O)O)OC. The zero-order valence-electron chi connectivity index (χ0n) is 9.24. The summed E-state index contributed by atoms with van der Waals surface area (Å²) in [6.45, 7) is 5.30. The number of aliphatic carboxylic acids is 1. The van der Waals surface area contributed by atoms with Crippen molar-refractivity contribution in [1.82, 2.24) is 0 Å². The van der Waals surface area contributed by atoms with Crippen LogP contribution < -0.4 is 0 Å². The van der Waals surface area contributed by atoms with Crippen molar-refractivity contribution in [2.24, 2.45) is 0 Å². The summed E-state index contributed by atoms with van der Waals surface area (Å²) in [4.78, 5) is 10.8. The van der Waals surface area contributed by atoms with Gasteiger partial charge in [-0.2, -0.15) is 0 Å². The first-order valence-electron chi connectivity index (χ1n) is 4.49. The van der Waals surface area contributed by atoms with Gasteiger partial charge in [-0.05, 0) is 18.6 Å². The van der Waals surface area contributed by atoms with Gasteiger partial charge in [0.2, 0.25) is 0 Å². The largest absolute Gasteiger partial charge is 0.493 e. The molecule has 0 aromatic rings. The predicted molar refractivity (Wildman–Crippen MR) is 57.3 cm³/mol. The highest BCUT2D eigenvalue weighted by Gasteiger charge is 2.08. The van der Waals surface area contributed by atoms with E-state index in [-0.39, 0.29) is 5.57 Å². The summed E-state index contributed by atoms with van der Waals surface area (Å²) in [6, 6.07) is 0. The number of allylic oxidation sites excluding steroid dienone is 2. The maximum absolute atomic E-state index is 10.8. The summed E-state index contributed by atoms with van der Waals surface area (Å²) >= 11 is 0. The molecule has 0 unspecified atom stereocenters. The van der Waals surface area contributed by atoms with E-state index >= 15 is 0 Å². The average molecular weight is 212 g/mol. The van der Waals surface area contributed by atoms with Gasteiger partial charge in [-0.1, -0.05) is 13.5 Å². The molecule has 1 N–H and O–H groups in total. The monoisotopic (exact) mass is 212 g/mol. The van der Waals surface area contributed by atoms with Crippen molar-refractivity contribution in [3.63, 3.8) is 0 Å². The Morgan fingerprint density at radius 2 is 1.87 bits per heavy atom. The van der Waals surface area contributed by atoms with Crippen LogP contribution in [0.1, 0.15) is 13.3 Å². The van der Waals surface area contributed by atoms with Crippen molar-refractivity contribution in [2.45, 2.75) is 13.3 Å². The Bertz CT molecular complexity index is 300. The minimum Gasteiger partial charge on any atom is -0.493 e. The third-order valence-corrected chi connectivity index (χ3v) is 1.83. The second-order valence-electron chi connectivity index (χ2n) is 2.67. The molecule has 84 valence electrons. The van der Waals surface area contributed by atoms with Crippen molar-refractivity contribution in [1.29, 1.82) is 0 Å². The van der Waals surface area contributed by atoms with Crippen molar-refractivity contribution < 1.29 is 19.4 Å². The molecule has 15 heavy (non-hydrogen) atoms. The van der Waals surface area contributed by atoms with Gasteiger partial charge < -0.3 is 14.6 Å². The maximum atomic E-state index is 10.8. The molecule has 0 fully saturated rings. The quantitative estimate of drug-likeness (QED) is 0.416. The fourth-order valence-electron chi connectivity index (χ4n) is 0.988. The zero-order chi connectivity index (χ0) is 11.8. The van der Waals surface area contributed by atoms with Gasteiger partial charge in [0.05, 0.1) is 14.2 Å². The van der Waals surface area contributed by atoms with E-state index < -0.39 is 5.97 Å². The van der Waals surface area contributed by atoms with Gasteiger partial charge in [-0.25, -0.2) is 4.79 Å². The van der Waals surface area contributed by atoms with Crippen LogP contribution in [-0.4, -0.2) is 25.3 Å². The molecular weight excluding hydrogens is 196 g/mol. The normalized spacial score (nSPS) is 12.9. The average Bonchev–Trinajstić information content (AvgIpc) is 2.23. The highest BCUT2D eigenvalue weighted by molar-refractivity contribution is 5.87. The third-order valence-electron chi connectivity index (χ3n) is 1.83. The van der Waals surface area contributed by atoms with E-state index in [1.807, 2.05) is 0 Å². The molecule has 0 aliphatic rings. The second-order valence-corrected chi connectivity index (χ2v) is 2.67. The van der Waals surface area contributed by atoms with E-state index in [0.717, 1.165) is 0 Å². The number of carboxylic acid groups (broad SMARTS) is 1. The Labute approximate surface area is 89.5 Å². The number of ether oxygens (including phenoxy) is 2. The highest BCUT2D eigenvalue weighted by atomic mass is 16.5. The standard InChI is InChI=1S/C11H16O4/c1-5-8(11(12)13)7-10(15-4)9(6-2)14-3/h6-7H,2,5H2,1,3-4H3,(H,12,13)/b8-7+,10-9-. The number of carbonyl (C=O) groups is 1. The first kappa shape index (κ1) is 13.3. The Morgan fingerprint density at radius 1 is 1.33 bits per heavy atom. The molecule has 0 aromatic carbocycles. The molecule has 0 spiro atoms. The Kier molecular flexibility index (Phi) is 5.94. The van der Waals surface area contributed by atoms with E-state index in [2.05, 4.69) is 6.58 Å². The summed E-state index contributed by atoms with van der Waals surface area (Å²) < 4.78 is 10.00. The number of methoxy groups -OCH3 is 2. The van der Waals surface area contributed by atoms with E-state index in [0.29, 0.717) is 17.9 Å². The number of hydrogen-bond donors (Lipinski definition) is 1. The summed E-state index contributed by atoms with van der Waals surface area (Å²) in [7, 11) is 2.92. The Hall–Kier alpha value is -1.71. The number of carboxylic acids is 1. The molecule has 0 bridgehead atoms. The van der Waals surface area contributed by atoms with E-state index in [1.54, 1.807) is 6.92 Å². The van der Waals surface area contributed by atoms with E-state index in [4.69, 9.17) is 14.6 Å². The van der Waals surface area contributed by atoms with Crippen LogP contribution in [0, 0.1) is 0 Å². The lowest BCUT2D eigenvalue weighted by Crippen LogP contribution is -2.02. The van der Waals surface area contributed by atoms with Crippen LogP contribution in [0.15, 0.2) is 35.8 Å². The molecule has 0 saturated heterocycles. The topological polar surface area (TPSA) is 55.8 Å². The zero-order valence-corrected chi connectivity index (χ0v) is 9.24. The fraction of sp³-hybridized carbons (Fsp3) is 0.364. The van der Waals surface area contributed by atoms with Crippen LogP contribution in [-0.2, 0) is 14.3 Å². The molecule has 0 aliphatic carbocycles. The third kappa shape index (κ3) is 3.89. The van der Waals surface area contributed by atoms with Gasteiger partial charge in [0, 0.05) is 5.57 Å². The van der Waals surface area contributed by atoms with Crippen LogP contribution in [0.25, 0.3) is 0 Å². The molecule has 0 aliphatic heterocycles. The van der Waals surface area contributed by atoms with Gasteiger partial charge in [0.1, 0.15) is 0 Å².